The molecule has 0 heterocycles. The Bertz CT molecular complexity index is 1180. The SMILES string of the molecule is Cc1cc(OCC(=O)NNC(=S)NC(=O)c2ccc(OCCOc3ccccc3)cc2)cc(C)c1Cl. The van der Waals surface area contributed by atoms with Crippen molar-refractivity contribution in [2.75, 3.05) is 19.8 Å². The first-order valence-corrected chi connectivity index (χ1v) is 11.8. The average Bonchev–Trinajstić information content (AvgIpc) is 2.88. The summed E-state index contributed by atoms with van der Waals surface area (Å²) in [6.07, 6.45) is 0. The molecule has 0 saturated heterocycles. The Morgan fingerprint density at radius 3 is 2.00 bits per heavy atom. The Kier molecular flexibility index (Phi) is 9.91. The van der Waals surface area contributed by atoms with Crippen LogP contribution in [-0.4, -0.2) is 36.7 Å². The summed E-state index contributed by atoms with van der Waals surface area (Å²) in [5.74, 6) is 0.977. The second kappa shape index (κ2) is 13.3. The van der Waals surface area contributed by atoms with Crippen molar-refractivity contribution in [3.05, 3.63) is 88.4 Å². The number of hydrazine groups is 1. The van der Waals surface area contributed by atoms with E-state index in [1.807, 2.05) is 44.2 Å². The number of thiocarbonyl (C=S) groups is 1. The highest BCUT2D eigenvalue weighted by Crippen LogP contribution is 2.25. The molecular formula is C26H26ClN3O5S. The molecule has 10 heteroatoms. The van der Waals surface area contributed by atoms with E-state index in [1.54, 1.807) is 36.4 Å². The molecule has 2 amide bonds. The number of nitrogens with one attached hydrogen (secondary N) is 3. The number of carbonyl (C=O) groups excluding carboxylic acids is 2. The van der Waals surface area contributed by atoms with Gasteiger partial charge in [0.05, 0.1) is 0 Å². The minimum absolute atomic E-state index is 0.0649. The summed E-state index contributed by atoms with van der Waals surface area (Å²) < 4.78 is 16.7. The number of para-hydroxylation sites is 1. The summed E-state index contributed by atoms with van der Waals surface area (Å²) in [7, 11) is 0. The highest BCUT2D eigenvalue weighted by atomic mass is 35.5. The van der Waals surface area contributed by atoms with E-state index in [1.165, 1.54) is 0 Å². The minimum atomic E-state index is -0.477. The quantitative estimate of drug-likeness (QED) is 0.219. The van der Waals surface area contributed by atoms with Gasteiger partial charge in [0.15, 0.2) is 11.7 Å². The molecule has 3 aromatic carbocycles. The third kappa shape index (κ3) is 8.44. The largest absolute Gasteiger partial charge is 0.490 e. The van der Waals surface area contributed by atoms with Crippen LogP contribution in [0.2, 0.25) is 5.02 Å². The molecule has 0 unspecified atom stereocenters. The lowest BCUT2D eigenvalue weighted by Crippen LogP contribution is -2.49. The maximum atomic E-state index is 12.4. The van der Waals surface area contributed by atoms with Gasteiger partial charge in [0.25, 0.3) is 11.8 Å². The summed E-state index contributed by atoms with van der Waals surface area (Å²) in [5, 5.41) is 3.08. The maximum absolute atomic E-state index is 12.4. The molecule has 36 heavy (non-hydrogen) atoms. The number of carbonyl (C=O) groups is 2. The van der Waals surface area contributed by atoms with Crippen LogP contribution in [0.4, 0.5) is 0 Å². The molecule has 0 radical (unpaired) electrons. The van der Waals surface area contributed by atoms with E-state index in [0.717, 1.165) is 16.9 Å². The molecule has 0 saturated carbocycles. The van der Waals surface area contributed by atoms with E-state index in [-0.39, 0.29) is 11.7 Å². The van der Waals surface area contributed by atoms with Gasteiger partial charge in [0, 0.05) is 10.6 Å². The van der Waals surface area contributed by atoms with Crippen molar-refractivity contribution in [1.82, 2.24) is 16.2 Å². The third-order valence-corrected chi connectivity index (χ3v) is 5.60. The molecule has 0 aliphatic carbocycles. The first-order valence-electron chi connectivity index (χ1n) is 11.0. The van der Waals surface area contributed by atoms with Crippen LogP contribution in [0.1, 0.15) is 21.5 Å². The summed E-state index contributed by atoms with van der Waals surface area (Å²) >= 11 is 11.2. The van der Waals surface area contributed by atoms with Gasteiger partial charge >= 0.3 is 0 Å². The van der Waals surface area contributed by atoms with Gasteiger partial charge in [-0.3, -0.25) is 25.8 Å². The van der Waals surface area contributed by atoms with Crippen molar-refractivity contribution in [3.63, 3.8) is 0 Å². The minimum Gasteiger partial charge on any atom is -0.490 e. The first-order chi connectivity index (χ1) is 17.3. The molecular weight excluding hydrogens is 502 g/mol. The van der Waals surface area contributed by atoms with E-state index < -0.39 is 11.8 Å². The maximum Gasteiger partial charge on any atom is 0.276 e. The van der Waals surface area contributed by atoms with Gasteiger partial charge in [-0.2, -0.15) is 0 Å². The van der Waals surface area contributed by atoms with Crippen molar-refractivity contribution in [1.29, 1.82) is 0 Å². The smallest absolute Gasteiger partial charge is 0.276 e. The molecule has 0 aliphatic heterocycles. The van der Waals surface area contributed by atoms with Gasteiger partial charge in [-0.1, -0.05) is 29.8 Å². The molecule has 3 rings (SSSR count). The van der Waals surface area contributed by atoms with E-state index in [2.05, 4.69) is 16.2 Å². The molecule has 8 nitrogen and oxygen atoms in total. The number of aryl methyl sites for hydroxylation is 2. The summed E-state index contributed by atoms with van der Waals surface area (Å²) in [6, 6.07) is 19.5. The van der Waals surface area contributed by atoms with E-state index in [9.17, 15) is 9.59 Å². The zero-order chi connectivity index (χ0) is 25.9. The van der Waals surface area contributed by atoms with Crippen LogP contribution in [0.5, 0.6) is 17.2 Å². The van der Waals surface area contributed by atoms with Crippen molar-refractivity contribution in [3.8, 4) is 17.2 Å². The predicted octanol–water partition coefficient (Wildman–Crippen LogP) is 4.13. The van der Waals surface area contributed by atoms with Gasteiger partial charge in [-0.25, -0.2) is 0 Å². The second-order valence-corrected chi connectivity index (χ2v) is 8.44. The monoisotopic (exact) mass is 527 g/mol. The fourth-order valence-corrected chi connectivity index (χ4v) is 3.30. The molecule has 3 aromatic rings. The average molecular weight is 528 g/mol. The summed E-state index contributed by atoms with van der Waals surface area (Å²) in [4.78, 5) is 24.4. The number of amides is 2. The van der Waals surface area contributed by atoms with Gasteiger partial charge < -0.3 is 14.2 Å². The molecule has 0 fully saturated rings. The second-order valence-electron chi connectivity index (χ2n) is 7.65. The van der Waals surface area contributed by atoms with E-state index in [0.29, 0.717) is 35.3 Å². The van der Waals surface area contributed by atoms with Gasteiger partial charge in [-0.05, 0) is 85.7 Å². The lowest BCUT2D eigenvalue weighted by molar-refractivity contribution is -0.123. The number of benzene rings is 3. The number of halogens is 1. The summed E-state index contributed by atoms with van der Waals surface area (Å²) in [5.41, 5.74) is 6.92. The molecule has 188 valence electrons. The van der Waals surface area contributed by atoms with Crippen LogP contribution in [0.15, 0.2) is 66.7 Å². The lowest BCUT2D eigenvalue weighted by atomic mass is 10.1. The standard InChI is InChI=1S/C26H26ClN3O5S/c1-17-14-22(15-18(2)24(17)27)35-16-23(31)29-30-26(36)28-25(32)19-8-10-21(11-9-19)34-13-12-33-20-6-4-3-5-7-20/h3-11,14-15H,12-13,16H2,1-2H3,(H,29,31)(H2,28,30,32,36). The Labute approximate surface area is 219 Å². The Hall–Kier alpha value is -3.82. The molecule has 0 aliphatic rings. The number of rotatable bonds is 9. The van der Waals surface area contributed by atoms with Crippen LogP contribution in [0.25, 0.3) is 0 Å². The normalized spacial score (nSPS) is 10.2. The van der Waals surface area contributed by atoms with E-state index in [4.69, 9.17) is 38.0 Å². The molecule has 0 atom stereocenters. The molecule has 3 N–H and O–H groups in total. The lowest BCUT2D eigenvalue weighted by Gasteiger charge is -2.13. The topological polar surface area (TPSA) is 97.9 Å². The first kappa shape index (κ1) is 26.8. The third-order valence-electron chi connectivity index (χ3n) is 4.80. The number of ether oxygens (including phenoxy) is 3. The Balaban J connectivity index is 1.35. The van der Waals surface area contributed by atoms with Crippen LogP contribution in [0.3, 0.4) is 0 Å². The van der Waals surface area contributed by atoms with Crippen molar-refractivity contribution in [2.24, 2.45) is 0 Å². The van der Waals surface area contributed by atoms with Gasteiger partial charge in [0.2, 0.25) is 0 Å². The van der Waals surface area contributed by atoms with Crippen LogP contribution >= 0.6 is 23.8 Å². The van der Waals surface area contributed by atoms with Gasteiger partial charge in [0.1, 0.15) is 30.5 Å². The number of hydrogen-bond donors (Lipinski definition) is 3. The Morgan fingerprint density at radius 1 is 0.806 bits per heavy atom. The van der Waals surface area contributed by atoms with Crippen molar-refractivity contribution in [2.45, 2.75) is 13.8 Å². The predicted molar refractivity (Wildman–Crippen MR) is 142 cm³/mol. The molecule has 0 bridgehead atoms. The number of hydrogen-bond acceptors (Lipinski definition) is 6. The molecule has 0 spiro atoms. The zero-order valence-electron chi connectivity index (χ0n) is 19.8. The molecule has 0 aromatic heterocycles. The zero-order valence-corrected chi connectivity index (χ0v) is 21.4. The van der Waals surface area contributed by atoms with Crippen LogP contribution in [0, 0.1) is 13.8 Å². The fraction of sp³-hybridized carbons (Fsp3) is 0.192. The highest BCUT2D eigenvalue weighted by molar-refractivity contribution is 7.80. The van der Waals surface area contributed by atoms with Crippen molar-refractivity contribution >= 4 is 40.7 Å². The van der Waals surface area contributed by atoms with Crippen LogP contribution in [-0.2, 0) is 4.79 Å². The van der Waals surface area contributed by atoms with Gasteiger partial charge in [-0.15, -0.1) is 0 Å². The van der Waals surface area contributed by atoms with Crippen molar-refractivity contribution < 1.29 is 23.8 Å². The van der Waals surface area contributed by atoms with E-state index >= 15 is 0 Å². The Morgan fingerprint density at radius 2 is 1.39 bits per heavy atom. The highest BCUT2D eigenvalue weighted by Gasteiger charge is 2.10. The van der Waals surface area contributed by atoms with Crippen LogP contribution < -0.4 is 30.4 Å². The fourth-order valence-electron chi connectivity index (χ4n) is 3.05. The summed E-state index contributed by atoms with van der Waals surface area (Å²) in [6.45, 7) is 4.21.